The van der Waals surface area contributed by atoms with E-state index in [1.165, 1.54) is 0 Å². The molecule has 1 heterocycles. The highest BCUT2D eigenvalue weighted by Crippen LogP contribution is 2.26. The summed E-state index contributed by atoms with van der Waals surface area (Å²) in [6, 6.07) is 5.30. The average molecular weight is 357 g/mol. The first-order valence-electron chi connectivity index (χ1n) is 7.55. The number of morpholine rings is 1. The van der Waals surface area contributed by atoms with Crippen molar-refractivity contribution in [2.24, 2.45) is 10.7 Å². The van der Waals surface area contributed by atoms with E-state index < -0.39 is 0 Å². The molecular weight excluding hydrogens is 335 g/mol. The van der Waals surface area contributed by atoms with Gasteiger partial charge in [0.15, 0.2) is 0 Å². The molecule has 5 nitrogen and oxygen atoms in total. The van der Waals surface area contributed by atoms with Crippen molar-refractivity contribution in [3.8, 4) is 0 Å². The maximum atomic E-state index is 6.13. The number of halogens is 2. The third-order valence-corrected chi connectivity index (χ3v) is 3.99. The molecule has 0 amide bonds. The molecule has 2 rings (SSSR count). The highest BCUT2D eigenvalue weighted by atomic mass is 35.5. The van der Waals surface area contributed by atoms with Crippen molar-refractivity contribution < 1.29 is 4.74 Å². The van der Waals surface area contributed by atoms with Crippen LogP contribution in [0.4, 0.5) is 5.69 Å². The number of amidine groups is 1. The van der Waals surface area contributed by atoms with Gasteiger partial charge in [0.25, 0.3) is 0 Å². The van der Waals surface area contributed by atoms with Crippen molar-refractivity contribution in [1.82, 2.24) is 4.90 Å². The Kier molecular flexibility index (Phi) is 7.17. The smallest absolute Gasteiger partial charge is 0.119 e. The minimum Gasteiger partial charge on any atom is -0.384 e. The largest absolute Gasteiger partial charge is 0.384 e. The zero-order valence-electron chi connectivity index (χ0n) is 13.2. The van der Waals surface area contributed by atoms with Gasteiger partial charge in [0.1, 0.15) is 5.84 Å². The molecule has 0 saturated carbocycles. The Morgan fingerprint density at radius 2 is 2.13 bits per heavy atom. The molecular formula is C16H22Cl2N4O. The van der Waals surface area contributed by atoms with Crippen LogP contribution in [0.2, 0.25) is 10.0 Å². The lowest BCUT2D eigenvalue weighted by atomic mass is 10.3. The predicted octanol–water partition coefficient (Wildman–Crippen LogP) is 3.00. The molecule has 0 bridgehead atoms. The third-order valence-electron chi connectivity index (χ3n) is 3.44. The molecule has 1 aliphatic heterocycles. The molecule has 0 atom stereocenters. The van der Waals surface area contributed by atoms with Gasteiger partial charge in [-0.2, -0.15) is 0 Å². The zero-order chi connectivity index (χ0) is 16.7. The minimum absolute atomic E-state index is 0.494. The van der Waals surface area contributed by atoms with Gasteiger partial charge in [-0.3, -0.25) is 9.89 Å². The monoisotopic (exact) mass is 356 g/mol. The van der Waals surface area contributed by atoms with Crippen LogP contribution in [0.25, 0.3) is 0 Å². The van der Waals surface area contributed by atoms with Crippen LogP contribution < -0.4 is 11.1 Å². The van der Waals surface area contributed by atoms with Gasteiger partial charge < -0.3 is 15.8 Å². The molecule has 0 aromatic heterocycles. The molecule has 0 aliphatic carbocycles. The van der Waals surface area contributed by atoms with Gasteiger partial charge in [-0.25, -0.2) is 0 Å². The number of anilines is 1. The number of nitrogens with two attached hydrogens (primary N) is 1. The van der Waals surface area contributed by atoms with Crippen molar-refractivity contribution in [1.29, 1.82) is 0 Å². The maximum Gasteiger partial charge on any atom is 0.119 e. The quantitative estimate of drug-likeness (QED) is 0.607. The predicted molar refractivity (Wildman–Crippen MR) is 97.6 cm³/mol. The van der Waals surface area contributed by atoms with E-state index in [-0.39, 0.29) is 0 Å². The summed E-state index contributed by atoms with van der Waals surface area (Å²) < 4.78 is 5.31. The fourth-order valence-electron chi connectivity index (χ4n) is 2.25. The lowest BCUT2D eigenvalue weighted by Gasteiger charge is -2.25. The topological polar surface area (TPSA) is 62.9 Å². The molecule has 126 valence electrons. The van der Waals surface area contributed by atoms with Crippen molar-refractivity contribution in [2.45, 2.75) is 6.92 Å². The van der Waals surface area contributed by atoms with Crippen molar-refractivity contribution in [2.75, 3.05) is 44.7 Å². The lowest BCUT2D eigenvalue weighted by molar-refractivity contribution is 0.0394. The second kappa shape index (κ2) is 9.13. The molecule has 3 N–H and O–H groups in total. The van der Waals surface area contributed by atoms with E-state index in [9.17, 15) is 0 Å². The fraction of sp³-hybridized carbons (Fsp3) is 0.438. The van der Waals surface area contributed by atoms with E-state index in [2.05, 4.69) is 15.2 Å². The SMILES string of the molecule is C/C(=C/C(N)=NCCN1CCOCC1)Nc1ccc(Cl)cc1Cl. The summed E-state index contributed by atoms with van der Waals surface area (Å²) in [7, 11) is 0. The van der Waals surface area contributed by atoms with Crippen LogP contribution >= 0.6 is 23.2 Å². The van der Waals surface area contributed by atoms with Crippen LogP contribution in [0.15, 0.2) is 35.0 Å². The van der Waals surface area contributed by atoms with Gasteiger partial charge in [0.05, 0.1) is 30.5 Å². The summed E-state index contributed by atoms with van der Waals surface area (Å²) in [6.07, 6.45) is 1.80. The summed E-state index contributed by atoms with van der Waals surface area (Å²) in [6.45, 7) is 7.00. The number of aliphatic imine (C=N–C) groups is 1. The standard InChI is InChI=1S/C16H22Cl2N4O/c1-12(21-15-3-2-13(17)11-14(15)18)10-16(19)20-4-5-22-6-8-23-9-7-22/h2-3,10-11,21H,4-9H2,1H3,(H2,19,20)/b12-10-. The van der Waals surface area contributed by atoms with Crippen LogP contribution in [-0.4, -0.2) is 50.1 Å². The number of allylic oxidation sites excluding steroid dienone is 1. The first-order chi connectivity index (χ1) is 11.0. The van der Waals surface area contributed by atoms with E-state index in [4.69, 9.17) is 33.7 Å². The lowest BCUT2D eigenvalue weighted by Crippen LogP contribution is -2.37. The van der Waals surface area contributed by atoms with Gasteiger partial charge in [-0.15, -0.1) is 0 Å². The summed E-state index contributed by atoms with van der Waals surface area (Å²) in [4.78, 5) is 6.70. The summed E-state index contributed by atoms with van der Waals surface area (Å²) >= 11 is 12.0. The number of nitrogens with one attached hydrogen (secondary N) is 1. The van der Waals surface area contributed by atoms with Gasteiger partial charge in [0.2, 0.25) is 0 Å². The first-order valence-corrected chi connectivity index (χ1v) is 8.30. The Morgan fingerprint density at radius 3 is 2.83 bits per heavy atom. The Bertz CT molecular complexity index is 583. The second-order valence-corrected chi connectivity index (χ2v) is 6.18. The minimum atomic E-state index is 0.494. The number of rotatable bonds is 6. The van der Waals surface area contributed by atoms with E-state index in [1.54, 1.807) is 18.2 Å². The number of hydrogen-bond acceptors (Lipinski definition) is 4. The van der Waals surface area contributed by atoms with Gasteiger partial charge in [-0.1, -0.05) is 23.2 Å². The molecule has 0 spiro atoms. The summed E-state index contributed by atoms with van der Waals surface area (Å²) in [5.41, 5.74) is 7.59. The molecule has 0 unspecified atom stereocenters. The van der Waals surface area contributed by atoms with Gasteiger partial charge >= 0.3 is 0 Å². The molecule has 7 heteroatoms. The third kappa shape index (κ3) is 6.39. The zero-order valence-corrected chi connectivity index (χ0v) is 14.7. The fourth-order valence-corrected chi connectivity index (χ4v) is 2.71. The molecule has 1 fully saturated rings. The Balaban J connectivity index is 1.84. The highest BCUT2D eigenvalue weighted by molar-refractivity contribution is 6.36. The van der Waals surface area contributed by atoms with Crippen molar-refractivity contribution >= 4 is 34.7 Å². The molecule has 1 aliphatic rings. The molecule has 1 saturated heterocycles. The van der Waals surface area contributed by atoms with Crippen LogP contribution in [-0.2, 0) is 4.74 Å². The van der Waals surface area contributed by atoms with Crippen LogP contribution in [0.5, 0.6) is 0 Å². The Morgan fingerprint density at radius 1 is 1.39 bits per heavy atom. The highest BCUT2D eigenvalue weighted by Gasteiger charge is 2.08. The number of hydrogen-bond donors (Lipinski definition) is 2. The van der Waals surface area contributed by atoms with Crippen molar-refractivity contribution in [3.05, 3.63) is 40.0 Å². The average Bonchev–Trinajstić information content (AvgIpc) is 2.51. The van der Waals surface area contributed by atoms with Crippen LogP contribution in [0.1, 0.15) is 6.92 Å². The molecule has 1 aromatic rings. The van der Waals surface area contributed by atoms with Gasteiger partial charge in [0, 0.05) is 30.4 Å². The van der Waals surface area contributed by atoms with Crippen molar-refractivity contribution in [3.63, 3.8) is 0 Å². The first kappa shape index (κ1) is 18.1. The Labute approximate surface area is 147 Å². The molecule has 23 heavy (non-hydrogen) atoms. The summed E-state index contributed by atoms with van der Waals surface area (Å²) in [5, 5.41) is 4.36. The molecule has 0 radical (unpaired) electrons. The van der Waals surface area contributed by atoms with E-state index in [1.807, 2.05) is 13.0 Å². The number of ether oxygens (including phenoxy) is 1. The second-order valence-electron chi connectivity index (χ2n) is 5.34. The number of nitrogens with zero attached hydrogens (tertiary/aromatic N) is 2. The maximum absolute atomic E-state index is 6.13. The van der Waals surface area contributed by atoms with Crippen LogP contribution in [0.3, 0.4) is 0 Å². The van der Waals surface area contributed by atoms with E-state index in [0.29, 0.717) is 22.4 Å². The van der Waals surface area contributed by atoms with Crippen LogP contribution in [0, 0.1) is 0 Å². The number of benzene rings is 1. The van der Waals surface area contributed by atoms with E-state index >= 15 is 0 Å². The van der Waals surface area contributed by atoms with Gasteiger partial charge in [-0.05, 0) is 31.2 Å². The van der Waals surface area contributed by atoms with E-state index in [0.717, 1.165) is 44.2 Å². The molecule has 1 aromatic carbocycles. The summed E-state index contributed by atoms with van der Waals surface area (Å²) in [5.74, 6) is 0.494. The Hall–Kier alpha value is -1.27. The normalized spacial score (nSPS) is 17.3.